The van der Waals surface area contributed by atoms with Gasteiger partial charge in [-0.1, -0.05) is 42.5 Å². The molecule has 1 N–H and O–H groups in total. The molecule has 0 aliphatic carbocycles. The van der Waals surface area contributed by atoms with Gasteiger partial charge in [0, 0.05) is 18.7 Å². The molecule has 0 bridgehead atoms. The molecule has 4 rings (SSSR count). The van der Waals surface area contributed by atoms with Crippen LogP contribution in [0.5, 0.6) is 0 Å². The van der Waals surface area contributed by atoms with E-state index in [2.05, 4.69) is 5.32 Å². The number of carbonyl (C=O) groups excluding carboxylic acids is 2. The van der Waals surface area contributed by atoms with Crippen molar-refractivity contribution in [3.63, 3.8) is 0 Å². The van der Waals surface area contributed by atoms with Crippen molar-refractivity contribution >= 4 is 11.8 Å². The fourth-order valence-electron chi connectivity index (χ4n) is 4.28. The molecule has 0 radical (unpaired) electrons. The summed E-state index contributed by atoms with van der Waals surface area (Å²) in [5, 5.41) is 2.57. The van der Waals surface area contributed by atoms with Gasteiger partial charge in [-0.2, -0.15) is 26.3 Å². The van der Waals surface area contributed by atoms with Crippen LogP contribution in [0, 0.1) is 0 Å². The molecule has 0 saturated carbocycles. The normalized spacial score (nSPS) is 14.9. The number of nitrogens with zero attached hydrogens (tertiary/aromatic N) is 1. The van der Waals surface area contributed by atoms with Crippen LogP contribution in [0.1, 0.15) is 45.9 Å². The van der Waals surface area contributed by atoms with E-state index in [9.17, 15) is 35.9 Å². The van der Waals surface area contributed by atoms with Gasteiger partial charge in [0.05, 0.1) is 11.1 Å². The minimum absolute atomic E-state index is 0.0212. The van der Waals surface area contributed by atoms with E-state index in [0.29, 0.717) is 24.2 Å². The predicted molar refractivity (Wildman–Crippen MR) is 124 cm³/mol. The lowest BCUT2D eigenvalue weighted by Gasteiger charge is -2.25. The molecule has 1 fully saturated rings. The Balaban J connectivity index is 1.68. The third kappa shape index (κ3) is 5.95. The van der Waals surface area contributed by atoms with E-state index >= 15 is 0 Å². The number of nitrogens with one attached hydrogen (secondary N) is 1. The molecule has 1 aliphatic heterocycles. The second-order valence-electron chi connectivity index (χ2n) is 8.68. The first kappa shape index (κ1) is 26.2. The van der Waals surface area contributed by atoms with E-state index in [0.717, 1.165) is 37.1 Å². The Kier molecular flexibility index (Phi) is 7.29. The van der Waals surface area contributed by atoms with E-state index in [1.807, 2.05) is 0 Å². The molecular formula is C27H22F6N2O2. The Morgan fingerprint density at radius 3 is 2.00 bits per heavy atom. The number of likely N-dealkylation sites (tertiary alicyclic amines) is 1. The van der Waals surface area contributed by atoms with Gasteiger partial charge in [0.25, 0.3) is 5.91 Å². The first-order valence-electron chi connectivity index (χ1n) is 11.5. The summed E-state index contributed by atoms with van der Waals surface area (Å²) in [7, 11) is 0. The van der Waals surface area contributed by atoms with Gasteiger partial charge in [0.15, 0.2) is 0 Å². The maximum Gasteiger partial charge on any atom is 0.416 e. The maximum absolute atomic E-state index is 13.4. The quantitative estimate of drug-likeness (QED) is 0.392. The van der Waals surface area contributed by atoms with Gasteiger partial charge in [0.2, 0.25) is 5.91 Å². The number of halogens is 6. The molecule has 3 aromatic carbocycles. The van der Waals surface area contributed by atoms with Crippen LogP contribution in [0.15, 0.2) is 72.8 Å². The molecule has 3 aromatic rings. The lowest BCUT2D eigenvalue weighted by atomic mass is 9.97. The number of alkyl halides is 6. The largest absolute Gasteiger partial charge is 0.416 e. The molecule has 0 spiro atoms. The maximum atomic E-state index is 13.4. The van der Waals surface area contributed by atoms with Crippen LogP contribution >= 0.6 is 0 Å². The van der Waals surface area contributed by atoms with Gasteiger partial charge >= 0.3 is 12.4 Å². The number of benzene rings is 3. The van der Waals surface area contributed by atoms with E-state index in [1.54, 1.807) is 18.2 Å². The standard InChI is InChI=1S/C27H22F6N2O2/c28-26(29,30)19-12-10-17(11-13-19)21-8-1-2-9-22(21)24(36)34-23(25(37)35-14-3-4-15-35)18-6-5-7-20(16-18)27(31,32)33/h1-2,5-13,16,23H,3-4,14-15H2,(H,34,36). The number of amides is 2. The van der Waals surface area contributed by atoms with Crippen molar-refractivity contribution in [1.82, 2.24) is 10.2 Å². The topological polar surface area (TPSA) is 49.4 Å². The van der Waals surface area contributed by atoms with Crippen LogP contribution in [-0.2, 0) is 17.1 Å². The summed E-state index contributed by atoms with van der Waals surface area (Å²) < 4.78 is 79.0. The van der Waals surface area contributed by atoms with Gasteiger partial charge in [-0.3, -0.25) is 9.59 Å². The summed E-state index contributed by atoms with van der Waals surface area (Å²) in [6.07, 6.45) is -7.68. The van der Waals surface area contributed by atoms with Gasteiger partial charge in [-0.25, -0.2) is 0 Å². The predicted octanol–water partition coefficient (Wildman–Crippen LogP) is 6.48. The van der Waals surface area contributed by atoms with E-state index < -0.39 is 41.3 Å². The van der Waals surface area contributed by atoms with Gasteiger partial charge < -0.3 is 10.2 Å². The van der Waals surface area contributed by atoms with E-state index in [1.165, 1.54) is 35.2 Å². The molecule has 2 amide bonds. The average molecular weight is 520 g/mol. The van der Waals surface area contributed by atoms with Crippen molar-refractivity contribution < 1.29 is 35.9 Å². The van der Waals surface area contributed by atoms with Crippen molar-refractivity contribution in [1.29, 1.82) is 0 Å². The van der Waals surface area contributed by atoms with Crippen LogP contribution in [0.25, 0.3) is 11.1 Å². The summed E-state index contributed by atoms with van der Waals surface area (Å²) in [4.78, 5) is 28.1. The third-order valence-electron chi connectivity index (χ3n) is 6.18. The fraction of sp³-hybridized carbons (Fsp3) is 0.259. The van der Waals surface area contributed by atoms with Crippen LogP contribution in [0.3, 0.4) is 0 Å². The minimum atomic E-state index is -4.64. The Hall–Kier alpha value is -3.82. The number of hydrogen-bond donors (Lipinski definition) is 1. The molecule has 1 heterocycles. The molecule has 194 valence electrons. The fourth-order valence-corrected chi connectivity index (χ4v) is 4.28. The lowest BCUT2D eigenvalue weighted by molar-refractivity contribution is -0.138. The van der Waals surface area contributed by atoms with E-state index in [4.69, 9.17) is 0 Å². The van der Waals surface area contributed by atoms with Gasteiger partial charge in [0.1, 0.15) is 6.04 Å². The summed E-state index contributed by atoms with van der Waals surface area (Å²) in [6.45, 7) is 0.846. The Morgan fingerprint density at radius 2 is 1.38 bits per heavy atom. The number of hydrogen-bond acceptors (Lipinski definition) is 2. The molecule has 37 heavy (non-hydrogen) atoms. The van der Waals surface area contributed by atoms with Gasteiger partial charge in [-0.05, 0) is 59.9 Å². The average Bonchev–Trinajstić information content (AvgIpc) is 3.41. The molecule has 4 nitrogen and oxygen atoms in total. The van der Waals surface area contributed by atoms with E-state index in [-0.39, 0.29) is 11.1 Å². The van der Waals surface area contributed by atoms with Crippen molar-refractivity contribution in [3.05, 3.63) is 95.1 Å². The highest BCUT2D eigenvalue weighted by atomic mass is 19.4. The smallest absolute Gasteiger partial charge is 0.341 e. The lowest BCUT2D eigenvalue weighted by Crippen LogP contribution is -2.42. The van der Waals surface area contributed by atoms with Crippen LogP contribution in [0.4, 0.5) is 26.3 Å². The van der Waals surface area contributed by atoms with Crippen LogP contribution < -0.4 is 5.32 Å². The number of rotatable bonds is 5. The Labute approximate surface area is 208 Å². The zero-order chi connectivity index (χ0) is 26.8. The highest BCUT2D eigenvalue weighted by Gasteiger charge is 2.34. The summed E-state index contributed by atoms with van der Waals surface area (Å²) >= 11 is 0. The molecule has 10 heteroatoms. The summed E-state index contributed by atoms with van der Waals surface area (Å²) in [5.74, 6) is -1.28. The summed E-state index contributed by atoms with van der Waals surface area (Å²) in [6, 6.07) is 13.2. The monoisotopic (exact) mass is 520 g/mol. The molecule has 0 aromatic heterocycles. The second kappa shape index (κ2) is 10.3. The zero-order valence-corrected chi connectivity index (χ0v) is 19.4. The van der Waals surface area contributed by atoms with Crippen molar-refractivity contribution in [3.8, 4) is 11.1 Å². The summed E-state index contributed by atoms with van der Waals surface area (Å²) in [5.41, 5.74) is -1.12. The molecule has 1 atom stereocenters. The Morgan fingerprint density at radius 1 is 0.757 bits per heavy atom. The Bertz CT molecular complexity index is 1280. The molecule has 1 aliphatic rings. The first-order valence-corrected chi connectivity index (χ1v) is 11.5. The van der Waals surface area contributed by atoms with Gasteiger partial charge in [-0.15, -0.1) is 0 Å². The van der Waals surface area contributed by atoms with Crippen LogP contribution in [-0.4, -0.2) is 29.8 Å². The molecular weight excluding hydrogens is 498 g/mol. The van der Waals surface area contributed by atoms with Crippen molar-refractivity contribution in [2.75, 3.05) is 13.1 Å². The highest BCUT2D eigenvalue weighted by Crippen LogP contribution is 2.33. The first-order chi connectivity index (χ1) is 17.4. The second-order valence-corrected chi connectivity index (χ2v) is 8.68. The zero-order valence-electron chi connectivity index (χ0n) is 19.4. The molecule has 1 unspecified atom stereocenters. The highest BCUT2D eigenvalue weighted by molar-refractivity contribution is 6.03. The van der Waals surface area contributed by atoms with Crippen LogP contribution in [0.2, 0.25) is 0 Å². The SMILES string of the molecule is O=C(NC(C(=O)N1CCCC1)c1cccc(C(F)(F)F)c1)c1ccccc1-c1ccc(C(F)(F)F)cc1. The third-order valence-corrected chi connectivity index (χ3v) is 6.18. The minimum Gasteiger partial charge on any atom is -0.341 e. The van der Waals surface area contributed by atoms with Crippen molar-refractivity contribution in [2.45, 2.75) is 31.2 Å². The van der Waals surface area contributed by atoms with Crippen molar-refractivity contribution in [2.24, 2.45) is 0 Å². The molecule has 1 saturated heterocycles. The number of carbonyl (C=O) groups is 2.